The monoisotopic (exact) mass is 359 g/mol. The molecule has 100 valence electrons. The molecular formula is C14H12BrCl2NO. The third kappa shape index (κ3) is 3.63. The van der Waals surface area contributed by atoms with Crippen LogP contribution < -0.4 is 10.5 Å². The number of benzene rings is 2. The molecule has 2 aromatic rings. The van der Waals surface area contributed by atoms with Gasteiger partial charge in [-0.2, -0.15) is 0 Å². The van der Waals surface area contributed by atoms with Crippen LogP contribution in [0, 0.1) is 0 Å². The molecule has 2 aromatic carbocycles. The summed E-state index contributed by atoms with van der Waals surface area (Å²) in [6, 6.07) is 13.1. The van der Waals surface area contributed by atoms with Crippen molar-refractivity contribution in [2.45, 2.75) is 6.10 Å². The molecule has 1 unspecified atom stereocenters. The predicted octanol–water partition coefficient (Wildman–Crippen LogP) is 4.83. The zero-order valence-corrected chi connectivity index (χ0v) is 13.0. The summed E-state index contributed by atoms with van der Waals surface area (Å²) < 4.78 is 6.83. The quantitative estimate of drug-likeness (QED) is 0.846. The van der Waals surface area contributed by atoms with E-state index in [4.69, 9.17) is 33.7 Å². The van der Waals surface area contributed by atoms with Gasteiger partial charge in [0.1, 0.15) is 16.9 Å². The molecule has 2 N–H and O–H groups in total. The molecule has 19 heavy (non-hydrogen) atoms. The Bertz CT molecular complexity index is 577. The second-order valence-electron chi connectivity index (χ2n) is 3.95. The van der Waals surface area contributed by atoms with E-state index in [1.807, 2.05) is 24.3 Å². The maximum atomic E-state index is 6.11. The minimum atomic E-state index is -0.270. The lowest BCUT2D eigenvalue weighted by Gasteiger charge is -2.19. The highest BCUT2D eigenvalue weighted by molar-refractivity contribution is 9.10. The summed E-state index contributed by atoms with van der Waals surface area (Å²) in [5.74, 6) is 0.532. The molecule has 0 aliphatic rings. The van der Waals surface area contributed by atoms with E-state index in [9.17, 15) is 0 Å². The number of ether oxygens (including phenoxy) is 1. The van der Waals surface area contributed by atoms with Crippen LogP contribution in [0.15, 0.2) is 46.9 Å². The molecule has 2 nitrogen and oxygen atoms in total. The number of hydrogen-bond donors (Lipinski definition) is 1. The van der Waals surface area contributed by atoms with Gasteiger partial charge in [0.2, 0.25) is 0 Å². The molecule has 0 bridgehead atoms. The fourth-order valence-electron chi connectivity index (χ4n) is 1.69. The summed E-state index contributed by atoms with van der Waals surface area (Å²) in [5, 5.41) is 0.863. The van der Waals surface area contributed by atoms with Gasteiger partial charge in [-0.05, 0) is 29.8 Å². The second kappa shape index (κ2) is 6.62. The number of hydrogen-bond acceptors (Lipinski definition) is 2. The van der Waals surface area contributed by atoms with Gasteiger partial charge in [0.15, 0.2) is 0 Å². The van der Waals surface area contributed by atoms with Gasteiger partial charge in [-0.25, -0.2) is 0 Å². The van der Waals surface area contributed by atoms with Crippen LogP contribution in [0.25, 0.3) is 0 Å². The third-order valence-corrected chi connectivity index (χ3v) is 3.91. The van der Waals surface area contributed by atoms with E-state index in [0.29, 0.717) is 22.3 Å². The predicted molar refractivity (Wildman–Crippen MR) is 83.0 cm³/mol. The van der Waals surface area contributed by atoms with E-state index in [1.165, 1.54) is 0 Å². The highest BCUT2D eigenvalue weighted by Gasteiger charge is 2.14. The molecule has 5 heteroatoms. The Labute approximate surface area is 130 Å². The SMILES string of the molecule is NCC(Oc1cccc(Cl)c1Cl)c1cccc(Br)c1. The average molecular weight is 361 g/mol. The van der Waals surface area contributed by atoms with Crippen LogP contribution in [-0.2, 0) is 0 Å². The lowest BCUT2D eigenvalue weighted by molar-refractivity contribution is 0.214. The van der Waals surface area contributed by atoms with Gasteiger partial charge in [0.25, 0.3) is 0 Å². The smallest absolute Gasteiger partial charge is 0.140 e. The van der Waals surface area contributed by atoms with Gasteiger partial charge in [-0.3, -0.25) is 0 Å². The first-order valence-corrected chi connectivity index (χ1v) is 7.23. The first kappa shape index (κ1) is 14.7. The summed E-state index contributed by atoms with van der Waals surface area (Å²) in [6.45, 7) is 0.347. The molecule has 2 rings (SSSR count). The topological polar surface area (TPSA) is 35.2 Å². The number of halogens is 3. The van der Waals surface area contributed by atoms with Crippen LogP contribution in [0.5, 0.6) is 5.75 Å². The van der Waals surface area contributed by atoms with Crippen molar-refractivity contribution < 1.29 is 4.74 Å². The van der Waals surface area contributed by atoms with Crippen molar-refractivity contribution >= 4 is 39.1 Å². The summed E-state index contributed by atoms with van der Waals surface area (Å²) in [4.78, 5) is 0. The Hall–Kier alpha value is -0.740. The molecule has 1 atom stereocenters. The summed E-state index contributed by atoms with van der Waals surface area (Å²) in [5.41, 5.74) is 6.75. The zero-order valence-electron chi connectivity index (χ0n) is 9.95. The van der Waals surface area contributed by atoms with E-state index >= 15 is 0 Å². The van der Waals surface area contributed by atoms with Crippen molar-refractivity contribution in [2.24, 2.45) is 5.73 Å². The van der Waals surface area contributed by atoms with Crippen LogP contribution in [0.3, 0.4) is 0 Å². The van der Waals surface area contributed by atoms with Crippen LogP contribution in [-0.4, -0.2) is 6.54 Å². The summed E-state index contributed by atoms with van der Waals surface area (Å²) in [7, 11) is 0. The first-order valence-electron chi connectivity index (χ1n) is 5.68. The zero-order chi connectivity index (χ0) is 13.8. The normalized spacial score (nSPS) is 12.2. The van der Waals surface area contributed by atoms with Crippen LogP contribution >= 0.6 is 39.1 Å². The van der Waals surface area contributed by atoms with Gasteiger partial charge >= 0.3 is 0 Å². The Morgan fingerprint density at radius 3 is 2.58 bits per heavy atom. The maximum Gasteiger partial charge on any atom is 0.140 e. The molecule has 0 spiro atoms. The molecule has 0 aromatic heterocycles. The first-order chi connectivity index (χ1) is 9.11. The number of rotatable bonds is 4. The van der Waals surface area contributed by atoms with Crippen molar-refractivity contribution in [1.82, 2.24) is 0 Å². The Kier molecular flexibility index (Phi) is 5.11. The Balaban J connectivity index is 2.26. The number of nitrogens with two attached hydrogens (primary N) is 1. The van der Waals surface area contributed by atoms with E-state index in [2.05, 4.69) is 15.9 Å². The van der Waals surface area contributed by atoms with Crippen molar-refractivity contribution in [3.8, 4) is 5.75 Å². The molecule has 0 amide bonds. The van der Waals surface area contributed by atoms with Crippen molar-refractivity contribution in [1.29, 1.82) is 0 Å². The van der Waals surface area contributed by atoms with Gasteiger partial charge in [0, 0.05) is 11.0 Å². The molecule has 0 heterocycles. The van der Waals surface area contributed by atoms with Gasteiger partial charge in [-0.15, -0.1) is 0 Å². The maximum absolute atomic E-state index is 6.11. The van der Waals surface area contributed by atoms with Crippen molar-refractivity contribution in [3.63, 3.8) is 0 Å². The molecule has 0 aliphatic heterocycles. The lowest BCUT2D eigenvalue weighted by atomic mass is 10.1. The highest BCUT2D eigenvalue weighted by atomic mass is 79.9. The average Bonchev–Trinajstić information content (AvgIpc) is 2.40. The Morgan fingerprint density at radius 2 is 1.89 bits per heavy atom. The van der Waals surface area contributed by atoms with Crippen molar-refractivity contribution in [3.05, 3.63) is 62.5 Å². The fourth-order valence-corrected chi connectivity index (χ4v) is 2.44. The van der Waals surface area contributed by atoms with E-state index < -0.39 is 0 Å². The Morgan fingerprint density at radius 1 is 1.16 bits per heavy atom. The minimum Gasteiger partial charge on any atom is -0.483 e. The minimum absolute atomic E-state index is 0.270. The van der Waals surface area contributed by atoms with Crippen molar-refractivity contribution in [2.75, 3.05) is 6.54 Å². The highest BCUT2D eigenvalue weighted by Crippen LogP contribution is 2.34. The van der Waals surface area contributed by atoms with Gasteiger partial charge in [-0.1, -0.05) is 57.3 Å². The summed E-state index contributed by atoms with van der Waals surface area (Å²) in [6.07, 6.45) is -0.270. The van der Waals surface area contributed by atoms with E-state index in [0.717, 1.165) is 10.0 Å². The lowest BCUT2D eigenvalue weighted by Crippen LogP contribution is -2.18. The molecule has 0 radical (unpaired) electrons. The molecule has 0 fully saturated rings. The standard InChI is InChI=1S/C14H12BrCl2NO/c15-10-4-1-3-9(7-10)13(8-18)19-12-6-2-5-11(16)14(12)17/h1-7,13H,8,18H2. The largest absolute Gasteiger partial charge is 0.483 e. The van der Waals surface area contributed by atoms with Crippen LogP contribution in [0.1, 0.15) is 11.7 Å². The van der Waals surface area contributed by atoms with Gasteiger partial charge < -0.3 is 10.5 Å². The van der Waals surface area contributed by atoms with Gasteiger partial charge in [0.05, 0.1) is 5.02 Å². The second-order valence-corrected chi connectivity index (χ2v) is 5.65. The molecule has 0 saturated carbocycles. The third-order valence-electron chi connectivity index (χ3n) is 2.62. The van der Waals surface area contributed by atoms with Crippen LogP contribution in [0.4, 0.5) is 0 Å². The van der Waals surface area contributed by atoms with E-state index in [1.54, 1.807) is 18.2 Å². The molecule has 0 saturated heterocycles. The van der Waals surface area contributed by atoms with Crippen LogP contribution in [0.2, 0.25) is 10.0 Å². The fraction of sp³-hybridized carbons (Fsp3) is 0.143. The molecular weight excluding hydrogens is 349 g/mol. The molecule has 0 aliphatic carbocycles. The summed E-state index contributed by atoms with van der Waals surface area (Å²) >= 11 is 15.5. The van der Waals surface area contributed by atoms with E-state index in [-0.39, 0.29) is 6.10 Å².